The number of hydrogen-bond donors (Lipinski definition) is 2. The number of carbonyl (C=O) groups excluding carboxylic acids is 2. The molecule has 0 atom stereocenters. The van der Waals surface area contributed by atoms with Crippen LogP contribution in [0.15, 0.2) is 48.5 Å². The van der Waals surface area contributed by atoms with Crippen molar-refractivity contribution < 1.29 is 14.3 Å². The van der Waals surface area contributed by atoms with Gasteiger partial charge in [-0.3, -0.25) is 9.59 Å². The van der Waals surface area contributed by atoms with E-state index >= 15 is 0 Å². The number of nitrogens with two attached hydrogens (primary N) is 1. The highest BCUT2D eigenvalue weighted by molar-refractivity contribution is 6.03. The predicted molar refractivity (Wildman–Crippen MR) is 84.9 cm³/mol. The van der Waals surface area contributed by atoms with Crippen LogP contribution in [-0.2, 0) is 11.2 Å². The Labute approximate surface area is 129 Å². The lowest BCUT2D eigenvalue weighted by atomic mass is 10.1. The van der Waals surface area contributed by atoms with Crippen LogP contribution < -0.4 is 15.8 Å². The summed E-state index contributed by atoms with van der Waals surface area (Å²) in [6.45, 7) is 1.88. The Morgan fingerprint density at radius 2 is 1.77 bits per heavy atom. The van der Waals surface area contributed by atoms with Crippen LogP contribution in [0.1, 0.15) is 22.8 Å². The topological polar surface area (TPSA) is 81.4 Å². The summed E-state index contributed by atoms with van der Waals surface area (Å²) in [6.07, 6.45) is 0.822. The molecule has 0 spiro atoms. The van der Waals surface area contributed by atoms with Gasteiger partial charge >= 0.3 is 0 Å². The van der Waals surface area contributed by atoms with Crippen LogP contribution in [0.3, 0.4) is 0 Å². The number of benzene rings is 2. The maximum atomic E-state index is 12.0. The van der Waals surface area contributed by atoms with Gasteiger partial charge in [0.15, 0.2) is 6.61 Å². The Morgan fingerprint density at radius 3 is 2.50 bits per heavy atom. The molecular formula is C17H18N2O3. The molecule has 0 aromatic heterocycles. The van der Waals surface area contributed by atoms with Gasteiger partial charge in [0.05, 0.1) is 11.3 Å². The zero-order chi connectivity index (χ0) is 15.9. The van der Waals surface area contributed by atoms with E-state index in [9.17, 15) is 9.59 Å². The number of para-hydroxylation sites is 2. The van der Waals surface area contributed by atoms with Gasteiger partial charge in [-0.25, -0.2) is 0 Å². The minimum absolute atomic E-state index is 0.135. The smallest absolute Gasteiger partial charge is 0.262 e. The van der Waals surface area contributed by atoms with Gasteiger partial charge in [-0.1, -0.05) is 37.3 Å². The number of amides is 2. The van der Waals surface area contributed by atoms with Crippen molar-refractivity contribution in [2.24, 2.45) is 5.73 Å². The fraction of sp³-hybridized carbons (Fsp3) is 0.176. The number of anilines is 1. The van der Waals surface area contributed by atoms with E-state index in [-0.39, 0.29) is 18.1 Å². The number of ether oxygens (including phenoxy) is 1. The Kier molecular flexibility index (Phi) is 5.14. The van der Waals surface area contributed by atoms with Crippen molar-refractivity contribution >= 4 is 17.5 Å². The normalized spacial score (nSPS) is 10.0. The zero-order valence-corrected chi connectivity index (χ0v) is 12.3. The standard InChI is InChI=1S/C17H18N2O3/c1-2-12-7-3-6-10-15(12)22-11-16(20)19-14-9-5-4-8-13(14)17(18)21/h3-10H,2,11H2,1H3,(H2,18,21)(H,19,20). The first-order valence-corrected chi connectivity index (χ1v) is 7.01. The minimum Gasteiger partial charge on any atom is -0.483 e. The second-order valence-electron chi connectivity index (χ2n) is 4.71. The number of carbonyl (C=O) groups is 2. The molecule has 2 aromatic carbocycles. The molecule has 114 valence electrons. The van der Waals surface area contributed by atoms with Gasteiger partial charge in [0.25, 0.3) is 11.8 Å². The third kappa shape index (κ3) is 3.85. The van der Waals surface area contributed by atoms with Gasteiger partial charge in [0, 0.05) is 0 Å². The lowest BCUT2D eigenvalue weighted by molar-refractivity contribution is -0.118. The monoisotopic (exact) mass is 298 g/mol. The van der Waals surface area contributed by atoms with E-state index in [2.05, 4.69) is 5.32 Å². The average Bonchev–Trinajstić information content (AvgIpc) is 2.53. The molecule has 0 unspecified atom stereocenters. The lowest BCUT2D eigenvalue weighted by Gasteiger charge is -2.11. The summed E-state index contributed by atoms with van der Waals surface area (Å²) < 4.78 is 5.53. The van der Waals surface area contributed by atoms with E-state index in [0.717, 1.165) is 12.0 Å². The van der Waals surface area contributed by atoms with E-state index in [1.165, 1.54) is 0 Å². The highest BCUT2D eigenvalue weighted by atomic mass is 16.5. The first kappa shape index (κ1) is 15.6. The van der Waals surface area contributed by atoms with Crippen molar-refractivity contribution in [1.82, 2.24) is 0 Å². The molecule has 2 aromatic rings. The molecule has 0 heterocycles. The third-order valence-corrected chi connectivity index (χ3v) is 3.18. The fourth-order valence-electron chi connectivity index (χ4n) is 2.07. The van der Waals surface area contributed by atoms with Gasteiger partial charge < -0.3 is 15.8 Å². The minimum atomic E-state index is -0.590. The quantitative estimate of drug-likeness (QED) is 0.859. The molecule has 22 heavy (non-hydrogen) atoms. The van der Waals surface area contributed by atoms with Gasteiger partial charge in [-0.15, -0.1) is 0 Å². The first-order chi connectivity index (χ1) is 10.6. The summed E-state index contributed by atoms with van der Waals surface area (Å²) in [5.74, 6) is -0.254. The fourth-order valence-corrected chi connectivity index (χ4v) is 2.07. The van der Waals surface area contributed by atoms with Crippen molar-refractivity contribution in [3.63, 3.8) is 0 Å². The molecule has 5 nitrogen and oxygen atoms in total. The van der Waals surface area contributed by atoms with Crippen LogP contribution in [0.2, 0.25) is 0 Å². The largest absolute Gasteiger partial charge is 0.483 e. The molecule has 3 N–H and O–H groups in total. The maximum Gasteiger partial charge on any atom is 0.262 e. The van der Waals surface area contributed by atoms with E-state index in [4.69, 9.17) is 10.5 Å². The Balaban J connectivity index is 2.01. The van der Waals surface area contributed by atoms with Gasteiger partial charge in [0.1, 0.15) is 5.75 Å². The number of primary amides is 1. The summed E-state index contributed by atoms with van der Waals surface area (Å²) in [5.41, 5.74) is 6.96. The number of hydrogen-bond acceptors (Lipinski definition) is 3. The lowest BCUT2D eigenvalue weighted by Crippen LogP contribution is -2.23. The van der Waals surface area contributed by atoms with Gasteiger partial charge in [0.2, 0.25) is 0 Å². The second kappa shape index (κ2) is 7.26. The molecule has 2 amide bonds. The summed E-state index contributed by atoms with van der Waals surface area (Å²) in [5, 5.41) is 2.63. The highest BCUT2D eigenvalue weighted by Gasteiger charge is 2.11. The molecular weight excluding hydrogens is 280 g/mol. The molecule has 0 aliphatic heterocycles. The Bertz CT molecular complexity index is 683. The molecule has 0 radical (unpaired) electrons. The molecule has 5 heteroatoms. The summed E-state index contributed by atoms with van der Waals surface area (Å²) >= 11 is 0. The number of nitrogens with one attached hydrogen (secondary N) is 1. The Hall–Kier alpha value is -2.82. The van der Waals surface area contributed by atoms with Crippen LogP contribution in [-0.4, -0.2) is 18.4 Å². The summed E-state index contributed by atoms with van der Waals surface area (Å²) in [7, 11) is 0. The molecule has 2 rings (SSSR count). The Morgan fingerprint density at radius 1 is 1.09 bits per heavy atom. The van der Waals surface area contributed by atoms with E-state index < -0.39 is 5.91 Å². The van der Waals surface area contributed by atoms with Crippen LogP contribution >= 0.6 is 0 Å². The molecule has 0 bridgehead atoms. The molecule has 0 fully saturated rings. The van der Waals surface area contributed by atoms with Crippen molar-refractivity contribution in [3.8, 4) is 5.75 Å². The van der Waals surface area contributed by atoms with Crippen molar-refractivity contribution in [1.29, 1.82) is 0 Å². The second-order valence-corrected chi connectivity index (χ2v) is 4.71. The molecule has 0 aliphatic carbocycles. The number of aryl methyl sites for hydroxylation is 1. The van der Waals surface area contributed by atoms with E-state index in [0.29, 0.717) is 11.4 Å². The van der Waals surface area contributed by atoms with Crippen molar-refractivity contribution in [2.75, 3.05) is 11.9 Å². The van der Waals surface area contributed by atoms with Crippen LogP contribution in [0.4, 0.5) is 5.69 Å². The predicted octanol–water partition coefficient (Wildman–Crippen LogP) is 2.37. The molecule has 0 saturated heterocycles. The SMILES string of the molecule is CCc1ccccc1OCC(=O)Nc1ccccc1C(N)=O. The molecule has 0 saturated carbocycles. The van der Waals surface area contributed by atoms with Crippen molar-refractivity contribution in [3.05, 3.63) is 59.7 Å². The number of rotatable bonds is 6. The maximum absolute atomic E-state index is 12.0. The molecule has 0 aliphatic rings. The summed E-state index contributed by atoms with van der Waals surface area (Å²) in [4.78, 5) is 23.3. The van der Waals surface area contributed by atoms with E-state index in [1.807, 2.05) is 31.2 Å². The first-order valence-electron chi connectivity index (χ1n) is 7.01. The average molecular weight is 298 g/mol. The van der Waals surface area contributed by atoms with Gasteiger partial charge in [-0.2, -0.15) is 0 Å². The van der Waals surface area contributed by atoms with E-state index in [1.54, 1.807) is 24.3 Å². The van der Waals surface area contributed by atoms with Gasteiger partial charge in [-0.05, 0) is 30.2 Å². The van der Waals surface area contributed by atoms with Crippen LogP contribution in [0, 0.1) is 0 Å². The van der Waals surface area contributed by atoms with Crippen LogP contribution in [0.25, 0.3) is 0 Å². The van der Waals surface area contributed by atoms with Crippen molar-refractivity contribution in [2.45, 2.75) is 13.3 Å². The van der Waals surface area contributed by atoms with Crippen LogP contribution in [0.5, 0.6) is 5.75 Å². The zero-order valence-electron chi connectivity index (χ0n) is 12.3. The third-order valence-electron chi connectivity index (χ3n) is 3.18. The highest BCUT2D eigenvalue weighted by Crippen LogP contribution is 2.18. The summed E-state index contributed by atoms with van der Waals surface area (Å²) in [6, 6.07) is 14.1.